The number of hydrogen-bond acceptors (Lipinski definition) is 4. The molecule has 5 nitrogen and oxygen atoms in total. The number of hydrogen-bond donors (Lipinski definition) is 0. The van der Waals surface area contributed by atoms with E-state index in [9.17, 15) is 14.0 Å². The van der Waals surface area contributed by atoms with Gasteiger partial charge >= 0.3 is 5.97 Å². The number of cyclic esters (lactones) is 1. The second kappa shape index (κ2) is 6.93. The molecule has 1 amide bonds. The highest BCUT2D eigenvalue weighted by molar-refractivity contribution is 5.95. The third-order valence-electron chi connectivity index (χ3n) is 4.18. The lowest BCUT2D eigenvalue weighted by Gasteiger charge is -2.27. The van der Waals surface area contributed by atoms with Gasteiger partial charge < -0.3 is 14.4 Å². The van der Waals surface area contributed by atoms with Crippen molar-refractivity contribution in [2.45, 2.75) is 19.1 Å². The van der Waals surface area contributed by atoms with E-state index in [0.717, 1.165) is 5.56 Å². The lowest BCUT2D eigenvalue weighted by Crippen LogP contribution is -2.42. The normalized spacial score (nSPS) is 16.0. The molecular weight excluding hydrogens is 325 g/mol. The van der Waals surface area contributed by atoms with Gasteiger partial charge in [-0.1, -0.05) is 24.3 Å². The van der Waals surface area contributed by atoms with Gasteiger partial charge in [0.1, 0.15) is 0 Å². The molecule has 2 aromatic carbocycles. The fourth-order valence-electron chi connectivity index (χ4n) is 2.88. The lowest BCUT2D eigenvalue weighted by atomic mass is 9.98. The quantitative estimate of drug-likeness (QED) is 0.801. The topological polar surface area (TPSA) is 55.8 Å². The molecule has 130 valence electrons. The number of ether oxygens (including phenoxy) is 2. The molecular formula is C19H18FNO4. The van der Waals surface area contributed by atoms with Crippen LogP contribution in [0.25, 0.3) is 0 Å². The Morgan fingerprint density at radius 1 is 1.32 bits per heavy atom. The van der Waals surface area contributed by atoms with Gasteiger partial charge in [0.2, 0.25) is 0 Å². The van der Waals surface area contributed by atoms with Crippen LogP contribution in [-0.4, -0.2) is 37.0 Å². The van der Waals surface area contributed by atoms with E-state index in [-0.39, 0.29) is 18.2 Å². The highest BCUT2D eigenvalue weighted by atomic mass is 19.1. The van der Waals surface area contributed by atoms with Crippen molar-refractivity contribution in [2.24, 2.45) is 0 Å². The van der Waals surface area contributed by atoms with Crippen LogP contribution in [0.1, 0.15) is 21.5 Å². The zero-order valence-corrected chi connectivity index (χ0v) is 14.0. The number of likely N-dealkylation sites (N-methyl/N-ethyl adjacent to an activating group) is 1. The van der Waals surface area contributed by atoms with Crippen molar-refractivity contribution in [3.63, 3.8) is 0 Å². The molecule has 1 heterocycles. The van der Waals surface area contributed by atoms with Gasteiger partial charge in [-0.05, 0) is 29.3 Å². The molecule has 1 unspecified atom stereocenters. The average molecular weight is 343 g/mol. The molecule has 2 aromatic rings. The molecule has 0 fully saturated rings. The summed E-state index contributed by atoms with van der Waals surface area (Å²) in [6, 6.07) is 11.6. The Morgan fingerprint density at radius 3 is 2.80 bits per heavy atom. The van der Waals surface area contributed by atoms with Crippen LogP contribution in [0.15, 0.2) is 42.5 Å². The van der Waals surface area contributed by atoms with Crippen molar-refractivity contribution in [3.05, 3.63) is 65.0 Å². The standard InChI is InChI=1S/C19H18FNO4/c1-21(11-12-7-8-16(24-2)15(20)9-12)18(22)17-10-13-5-3-4-6-14(13)19(23)25-17/h3-9,17H,10-11H2,1-2H3. The molecule has 3 rings (SSSR count). The minimum absolute atomic E-state index is 0.149. The van der Waals surface area contributed by atoms with Crippen LogP contribution in [0.3, 0.4) is 0 Å². The number of methoxy groups -OCH3 is 1. The van der Waals surface area contributed by atoms with Crippen LogP contribution in [0, 0.1) is 5.82 Å². The minimum Gasteiger partial charge on any atom is -0.494 e. The van der Waals surface area contributed by atoms with Crippen LogP contribution in [-0.2, 0) is 22.5 Å². The lowest BCUT2D eigenvalue weighted by molar-refractivity contribution is -0.140. The smallest absolute Gasteiger partial charge is 0.339 e. The molecule has 0 spiro atoms. The van der Waals surface area contributed by atoms with Gasteiger partial charge in [-0.25, -0.2) is 9.18 Å². The van der Waals surface area contributed by atoms with E-state index < -0.39 is 17.9 Å². The second-order valence-electron chi connectivity index (χ2n) is 5.92. The molecule has 0 saturated carbocycles. The van der Waals surface area contributed by atoms with Crippen molar-refractivity contribution in [2.75, 3.05) is 14.2 Å². The summed E-state index contributed by atoms with van der Waals surface area (Å²) in [6.07, 6.45) is -0.530. The van der Waals surface area contributed by atoms with Crippen LogP contribution in [0.2, 0.25) is 0 Å². The van der Waals surface area contributed by atoms with Gasteiger partial charge in [-0.3, -0.25) is 4.79 Å². The van der Waals surface area contributed by atoms with E-state index in [1.54, 1.807) is 25.2 Å². The number of nitrogens with zero attached hydrogens (tertiary/aromatic N) is 1. The molecule has 6 heteroatoms. The monoisotopic (exact) mass is 343 g/mol. The fourth-order valence-corrected chi connectivity index (χ4v) is 2.88. The van der Waals surface area contributed by atoms with Crippen molar-refractivity contribution < 1.29 is 23.5 Å². The predicted octanol–water partition coefficient (Wildman–Crippen LogP) is 2.57. The fraction of sp³-hybridized carbons (Fsp3) is 0.263. The molecule has 0 aliphatic carbocycles. The maximum absolute atomic E-state index is 13.8. The highest BCUT2D eigenvalue weighted by Gasteiger charge is 2.32. The zero-order chi connectivity index (χ0) is 18.0. The Hall–Kier alpha value is -2.89. The number of halogens is 1. The average Bonchev–Trinajstić information content (AvgIpc) is 2.61. The summed E-state index contributed by atoms with van der Waals surface area (Å²) in [5, 5.41) is 0. The summed E-state index contributed by atoms with van der Waals surface area (Å²) in [5.41, 5.74) is 1.91. The number of rotatable bonds is 4. The van der Waals surface area contributed by atoms with Crippen molar-refractivity contribution >= 4 is 11.9 Å². The summed E-state index contributed by atoms with van der Waals surface area (Å²) in [4.78, 5) is 26.1. The van der Waals surface area contributed by atoms with Gasteiger partial charge in [-0.2, -0.15) is 0 Å². The van der Waals surface area contributed by atoms with E-state index in [2.05, 4.69) is 0 Å². The molecule has 1 atom stereocenters. The first-order chi connectivity index (χ1) is 12.0. The third-order valence-corrected chi connectivity index (χ3v) is 4.18. The Bertz CT molecular complexity index is 821. The summed E-state index contributed by atoms with van der Waals surface area (Å²) in [5.74, 6) is -1.16. The first-order valence-electron chi connectivity index (χ1n) is 7.86. The minimum atomic E-state index is -0.865. The van der Waals surface area contributed by atoms with Gasteiger partial charge in [-0.15, -0.1) is 0 Å². The molecule has 0 radical (unpaired) electrons. The Morgan fingerprint density at radius 2 is 2.08 bits per heavy atom. The summed E-state index contributed by atoms with van der Waals surface area (Å²) in [7, 11) is 2.99. The van der Waals surface area contributed by atoms with Crippen molar-refractivity contribution in [3.8, 4) is 5.75 Å². The number of carbonyl (C=O) groups is 2. The SMILES string of the molecule is COc1ccc(CN(C)C(=O)C2Cc3ccccc3C(=O)O2)cc1F. The number of esters is 1. The van der Waals surface area contributed by atoms with Crippen LogP contribution in [0.5, 0.6) is 5.75 Å². The molecule has 1 aliphatic rings. The Kier molecular flexibility index (Phi) is 4.70. The molecule has 1 aliphatic heterocycles. The van der Waals surface area contributed by atoms with Crippen LogP contribution >= 0.6 is 0 Å². The Labute approximate surface area is 145 Å². The largest absolute Gasteiger partial charge is 0.494 e. The highest BCUT2D eigenvalue weighted by Crippen LogP contribution is 2.23. The molecule has 0 saturated heterocycles. The van der Waals surface area contributed by atoms with Crippen molar-refractivity contribution in [1.82, 2.24) is 4.90 Å². The van der Waals surface area contributed by atoms with Crippen LogP contribution < -0.4 is 4.74 Å². The number of carbonyl (C=O) groups excluding carboxylic acids is 2. The summed E-state index contributed by atoms with van der Waals surface area (Å²) >= 11 is 0. The Balaban J connectivity index is 1.71. The summed E-state index contributed by atoms with van der Waals surface area (Å²) < 4.78 is 23.9. The summed E-state index contributed by atoms with van der Waals surface area (Å²) in [6.45, 7) is 0.204. The van der Waals surface area contributed by atoms with E-state index in [1.807, 2.05) is 12.1 Å². The number of amides is 1. The second-order valence-corrected chi connectivity index (χ2v) is 5.92. The molecule has 0 N–H and O–H groups in total. The van der Waals surface area contributed by atoms with E-state index in [1.165, 1.54) is 24.1 Å². The number of benzene rings is 2. The van der Waals surface area contributed by atoms with Gasteiger partial charge in [0.15, 0.2) is 17.7 Å². The third kappa shape index (κ3) is 3.47. The number of fused-ring (bicyclic) bond motifs is 1. The molecule has 0 bridgehead atoms. The van der Waals surface area contributed by atoms with E-state index in [4.69, 9.17) is 9.47 Å². The van der Waals surface area contributed by atoms with Gasteiger partial charge in [0.25, 0.3) is 5.91 Å². The van der Waals surface area contributed by atoms with E-state index in [0.29, 0.717) is 17.5 Å². The van der Waals surface area contributed by atoms with Crippen LogP contribution in [0.4, 0.5) is 4.39 Å². The molecule has 0 aromatic heterocycles. The predicted molar refractivity (Wildman–Crippen MR) is 88.8 cm³/mol. The zero-order valence-electron chi connectivity index (χ0n) is 14.0. The van der Waals surface area contributed by atoms with Gasteiger partial charge in [0.05, 0.1) is 12.7 Å². The first-order valence-corrected chi connectivity index (χ1v) is 7.86. The van der Waals surface area contributed by atoms with Gasteiger partial charge in [0, 0.05) is 20.0 Å². The maximum atomic E-state index is 13.8. The first kappa shape index (κ1) is 17.0. The van der Waals surface area contributed by atoms with E-state index >= 15 is 0 Å². The maximum Gasteiger partial charge on any atom is 0.339 e. The molecule has 25 heavy (non-hydrogen) atoms. The van der Waals surface area contributed by atoms with Crippen molar-refractivity contribution in [1.29, 1.82) is 0 Å².